The van der Waals surface area contributed by atoms with Crippen LogP contribution in [0.15, 0.2) is 28.8 Å². The second-order valence-corrected chi connectivity index (χ2v) is 2.78. The van der Waals surface area contributed by atoms with Crippen LogP contribution in [0.1, 0.15) is 5.56 Å². The lowest BCUT2D eigenvalue weighted by atomic mass is 10.2. The second kappa shape index (κ2) is 3.65. The van der Waals surface area contributed by atoms with E-state index in [1.807, 2.05) is 24.3 Å². The molecule has 0 fully saturated rings. The Morgan fingerprint density at radius 1 is 1.30 bits per heavy atom. The van der Waals surface area contributed by atoms with Gasteiger partial charge in [-0.3, -0.25) is 0 Å². The van der Waals surface area contributed by atoms with E-state index < -0.39 is 0 Å². The number of hydrogen-bond acceptors (Lipinski definition) is 0. The van der Waals surface area contributed by atoms with Gasteiger partial charge in [0.2, 0.25) is 0 Å². The van der Waals surface area contributed by atoms with Crippen LogP contribution in [-0.2, 0) is 0 Å². The summed E-state index contributed by atoms with van der Waals surface area (Å²) in [5.74, 6) is 0. The van der Waals surface area contributed by atoms with Gasteiger partial charge in [0, 0.05) is 0 Å². The summed E-state index contributed by atoms with van der Waals surface area (Å²) < 4.78 is 0.270. The van der Waals surface area contributed by atoms with E-state index in [4.69, 9.17) is 23.2 Å². The summed E-state index contributed by atoms with van der Waals surface area (Å²) in [6, 6.07) is 10.3. The Morgan fingerprint density at radius 3 is 2.40 bits per heavy atom. The lowest BCUT2D eigenvalue weighted by molar-refractivity contribution is 1.65. The monoisotopic (exact) mass is 171 g/mol. The van der Waals surface area contributed by atoms with Crippen molar-refractivity contribution in [3.05, 3.63) is 40.4 Å². The lowest BCUT2D eigenvalue weighted by Gasteiger charge is -1.88. The Hall–Kier alpha value is -0.460. The van der Waals surface area contributed by atoms with Crippen molar-refractivity contribution >= 4 is 29.3 Å². The average molecular weight is 172 g/mol. The molecular formula is C8H5Cl2. The van der Waals surface area contributed by atoms with Crippen LogP contribution in [0.5, 0.6) is 0 Å². The maximum absolute atomic E-state index is 5.43. The van der Waals surface area contributed by atoms with Crippen molar-refractivity contribution in [2.24, 2.45) is 0 Å². The van der Waals surface area contributed by atoms with Gasteiger partial charge in [-0.15, -0.1) is 0 Å². The predicted molar refractivity (Wildman–Crippen MR) is 45.0 cm³/mol. The minimum Gasteiger partial charge on any atom is -0.0709 e. The Labute approximate surface area is 70.1 Å². The summed E-state index contributed by atoms with van der Waals surface area (Å²) in [5, 5.41) is 0. The van der Waals surface area contributed by atoms with Crippen LogP contribution in [0, 0.1) is 6.07 Å². The summed E-state index contributed by atoms with van der Waals surface area (Å²) in [7, 11) is 0. The summed E-state index contributed by atoms with van der Waals surface area (Å²) in [4.78, 5) is 0. The molecule has 0 amide bonds. The third kappa shape index (κ3) is 2.42. The van der Waals surface area contributed by atoms with E-state index in [1.54, 1.807) is 6.08 Å². The molecule has 0 aromatic heterocycles. The zero-order valence-corrected chi connectivity index (χ0v) is 6.65. The van der Waals surface area contributed by atoms with Crippen molar-refractivity contribution in [3.8, 4) is 0 Å². The van der Waals surface area contributed by atoms with Crippen molar-refractivity contribution in [2.75, 3.05) is 0 Å². The van der Waals surface area contributed by atoms with Crippen LogP contribution in [0.2, 0.25) is 0 Å². The Balaban J connectivity index is 2.87. The number of halogens is 2. The molecule has 10 heavy (non-hydrogen) atoms. The van der Waals surface area contributed by atoms with E-state index in [1.165, 1.54) is 0 Å². The van der Waals surface area contributed by atoms with Gasteiger partial charge in [-0.05, 0) is 17.7 Å². The molecule has 0 nitrogen and oxygen atoms in total. The van der Waals surface area contributed by atoms with Crippen molar-refractivity contribution in [1.29, 1.82) is 0 Å². The van der Waals surface area contributed by atoms with E-state index >= 15 is 0 Å². The quantitative estimate of drug-likeness (QED) is 0.609. The highest BCUT2D eigenvalue weighted by molar-refractivity contribution is 6.57. The van der Waals surface area contributed by atoms with E-state index in [2.05, 4.69) is 6.07 Å². The molecule has 0 aliphatic rings. The summed E-state index contributed by atoms with van der Waals surface area (Å²) in [5.41, 5.74) is 0.985. The first kappa shape index (κ1) is 7.64. The summed E-state index contributed by atoms with van der Waals surface area (Å²) in [6.07, 6.45) is 1.68. The Kier molecular flexibility index (Phi) is 2.79. The third-order valence-corrected chi connectivity index (χ3v) is 1.24. The molecule has 1 aromatic carbocycles. The van der Waals surface area contributed by atoms with Crippen LogP contribution in [0.25, 0.3) is 6.08 Å². The Bertz CT molecular complexity index is 222. The summed E-state index contributed by atoms with van der Waals surface area (Å²) >= 11 is 10.9. The maximum atomic E-state index is 5.43. The average Bonchev–Trinajstić information content (AvgIpc) is 1.88. The molecule has 0 bridgehead atoms. The minimum atomic E-state index is 0.270. The molecule has 1 aromatic rings. The smallest absolute Gasteiger partial charge is 0.0709 e. The van der Waals surface area contributed by atoms with Gasteiger partial charge >= 0.3 is 0 Å². The van der Waals surface area contributed by atoms with E-state index in [0.29, 0.717) is 0 Å². The minimum absolute atomic E-state index is 0.270. The van der Waals surface area contributed by atoms with Crippen molar-refractivity contribution in [1.82, 2.24) is 0 Å². The molecule has 1 radical (unpaired) electrons. The zero-order chi connectivity index (χ0) is 7.40. The normalized spacial score (nSPS) is 9.00. The molecule has 0 unspecified atom stereocenters. The third-order valence-electron chi connectivity index (χ3n) is 1.02. The largest absolute Gasteiger partial charge is 0.107 e. The Morgan fingerprint density at radius 2 is 1.90 bits per heavy atom. The van der Waals surface area contributed by atoms with Gasteiger partial charge in [0.1, 0.15) is 4.49 Å². The van der Waals surface area contributed by atoms with Crippen molar-refractivity contribution in [3.63, 3.8) is 0 Å². The molecule has 1 rings (SSSR count). The maximum Gasteiger partial charge on any atom is 0.107 e. The molecule has 0 saturated carbocycles. The van der Waals surface area contributed by atoms with E-state index in [9.17, 15) is 0 Å². The SMILES string of the molecule is ClC(Cl)=Cc1cc[c]cc1. The van der Waals surface area contributed by atoms with E-state index in [0.717, 1.165) is 5.56 Å². The molecule has 51 valence electrons. The van der Waals surface area contributed by atoms with Crippen LogP contribution in [-0.4, -0.2) is 0 Å². The fraction of sp³-hybridized carbons (Fsp3) is 0. The lowest BCUT2D eigenvalue weighted by Crippen LogP contribution is -1.67. The van der Waals surface area contributed by atoms with E-state index in [-0.39, 0.29) is 4.49 Å². The predicted octanol–water partition coefficient (Wildman–Crippen LogP) is 3.26. The molecule has 0 atom stereocenters. The first-order valence-electron chi connectivity index (χ1n) is 2.78. The van der Waals surface area contributed by atoms with Crippen LogP contribution in [0.4, 0.5) is 0 Å². The van der Waals surface area contributed by atoms with Crippen LogP contribution in [0.3, 0.4) is 0 Å². The van der Waals surface area contributed by atoms with Gasteiger partial charge in [0.25, 0.3) is 0 Å². The fourth-order valence-electron chi connectivity index (χ4n) is 0.622. The van der Waals surface area contributed by atoms with Gasteiger partial charge in [-0.2, -0.15) is 0 Å². The second-order valence-electron chi connectivity index (χ2n) is 1.77. The van der Waals surface area contributed by atoms with Gasteiger partial charge in [-0.1, -0.05) is 47.5 Å². The molecule has 0 aliphatic carbocycles. The highest BCUT2D eigenvalue weighted by Gasteiger charge is 1.85. The van der Waals surface area contributed by atoms with Gasteiger partial charge in [-0.25, -0.2) is 0 Å². The highest BCUT2D eigenvalue weighted by Crippen LogP contribution is 2.12. The van der Waals surface area contributed by atoms with Gasteiger partial charge in [0.05, 0.1) is 0 Å². The molecule has 0 saturated heterocycles. The molecule has 0 aliphatic heterocycles. The van der Waals surface area contributed by atoms with Gasteiger partial charge in [0.15, 0.2) is 0 Å². The van der Waals surface area contributed by atoms with Gasteiger partial charge < -0.3 is 0 Å². The number of rotatable bonds is 1. The molecule has 0 spiro atoms. The van der Waals surface area contributed by atoms with Crippen LogP contribution >= 0.6 is 23.2 Å². The zero-order valence-electron chi connectivity index (χ0n) is 5.14. The first-order chi connectivity index (χ1) is 4.79. The highest BCUT2D eigenvalue weighted by atomic mass is 35.5. The van der Waals surface area contributed by atoms with Crippen LogP contribution < -0.4 is 0 Å². The summed E-state index contributed by atoms with van der Waals surface area (Å²) in [6.45, 7) is 0. The fourth-order valence-corrected chi connectivity index (χ4v) is 0.874. The molecular weight excluding hydrogens is 167 g/mol. The number of benzene rings is 1. The standard InChI is InChI=1S/C8H5Cl2/c9-8(10)6-7-4-2-1-3-5-7/h2-6H. The van der Waals surface area contributed by atoms with Crippen molar-refractivity contribution < 1.29 is 0 Å². The topological polar surface area (TPSA) is 0 Å². The molecule has 2 heteroatoms. The molecule has 0 N–H and O–H groups in total. The molecule has 0 heterocycles. The van der Waals surface area contributed by atoms with Crippen molar-refractivity contribution in [2.45, 2.75) is 0 Å². The number of hydrogen-bond donors (Lipinski definition) is 0. The first-order valence-corrected chi connectivity index (χ1v) is 3.53.